The van der Waals surface area contributed by atoms with E-state index in [0.29, 0.717) is 11.6 Å². The number of hydrogen-bond donors (Lipinski definition) is 2. The quantitative estimate of drug-likeness (QED) is 0.737. The molecule has 6 nitrogen and oxygen atoms in total. The van der Waals surface area contributed by atoms with Crippen LogP contribution in [0.25, 0.3) is 0 Å². The molecule has 1 aromatic heterocycles. The lowest BCUT2D eigenvalue weighted by Crippen LogP contribution is -2.25. The third kappa shape index (κ3) is 3.74. The van der Waals surface area contributed by atoms with Crippen LogP contribution in [0.4, 0.5) is 11.6 Å². The molecule has 0 saturated heterocycles. The van der Waals surface area contributed by atoms with Crippen LogP contribution in [0.3, 0.4) is 0 Å². The Hall–Kier alpha value is -1.56. The van der Waals surface area contributed by atoms with Gasteiger partial charge in [-0.15, -0.1) is 0 Å². The third-order valence-electron chi connectivity index (χ3n) is 2.57. The van der Waals surface area contributed by atoms with Crippen molar-refractivity contribution in [2.24, 2.45) is 0 Å². The summed E-state index contributed by atoms with van der Waals surface area (Å²) in [7, 11) is 5.50. The van der Waals surface area contributed by atoms with E-state index in [-0.39, 0.29) is 0 Å². The highest BCUT2D eigenvalue weighted by Gasteiger charge is 2.10. The van der Waals surface area contributed by atoms with E-state index in [1.807, 2.05) is 0 Å². The number of anilines is 2. The number of rotatable bonds is 7. The molecule has 0 aliphatic carbocycles. The first-order valence-corrected chi connectivity index (χ1v) is 5.72. The van der Waals surface area contributed by atoms with Gasteiger partial charge >= 0.3 is 0 Å². The molecule has 6 heteroatoms. The molecule has 0 aliphatic heterocycles. The second-order valence-corrected chi connectivity index (χ2v) is 3.68. The second kappa shape index (κ2) is 6.90. The largest absolute Gasteiger partial charge is 0.490 e. The first-order valence-electron chi connectivity index (χ1n) is 5.72. The molecule has 0 aliphatic rings. The van der Waals surface area contributed by atoms with E-state index in [1.54, 1.807) is 14.2 Å². The predicted octanol–water partition coefficient (Wildman–Crippen LogP) is 0.890. The van der Waals surface area contributed by atoms with Gasteiger partial charge in [0.2, 0.25) is 5.75 Å². The van der Waals surface area contributed by atoms with Crippen LogP contribution in [-0.4, -0.2) is 55.7 Å². The summed E-state index contributed by atoms with van der Waals surface area (Å²) in [6.07, 6.45) is 1.51. The molecule has 0 bridgehead atoms. The lowest BCUT2D eigenvalue weighted by atomic mass is 10.4. The summed E-state index contributed by atoms with van der Waals surface area (Å²) in [5, 5.41) is 6.22. The van der Waals surface area contributed by atoms with E-state index < -0.39 is 0 Å². The van der Waals surface area contributed by atoms with Crippen LogP contribution in [0.2, 0.25) is 0 Å². The van der Waals surface area contributed by atoms with E-state index in [4.69, 9.17) is 4.74 Å². The van der Waals surface area contributed by atoms with Gasteiger partial charge in [-0.05, 0) is 13.6 Å². The maximum absolute atomic E-state index is 5.29. The molecule has 0 amide bonds. The normalized spacial score (nSPS) is 10.4. The van der Waals surface area contributed by atoms with Gasteiger partial charge in [-0.25, -0.2) is 9.97 Å². The Kier molecular flexibility index (Phi) is 5.48. The standard InChI is InChI=1S/C11H21N5O/c1-5-16(3)7-6-13-11-9(17-4)10(12-2)14-8-15-11/h8H,5-7H2,1-4H3,(H2,12,13,14,15). The highest BCUT2D eigenvalue weighted by molar-refractivity contribution is 5.63. The average molecular weight is 239 g/mol. The first-order chi connectivity index (χ1) is 8.22. The van der Waals surface area contributed by atoms with Crippen LogP contribution in [0.1, 0.15) is 6.92 Å². The van der Waals surface area contributed by atoms with Crippen molar-refractivity contribution in [1.82, 2.24) is 14.9 Å². The Morgan fingerprint density at radius 2 is 2.06 bits per heavy atom. The first kappa shape index (κ1) is 13.5. The van der Waals surface area contributed by atoms with E-state index in [9.17, 15) is 0 Å². The van der Waals surface area contributed by atoms with Gasteiger partial charge in [-0.2, -0.15) is 0 Å². The molecule has 0 unspecified atom stereocenters. The number of aromatic nitrogens is 2. The Morgan fingerprint density at radius 1 is 1.35 bits per heavy atom. The van der Waals surface area contributed by atoms with Crippen LogP contribution in [0.15, 0.2) is 6.33 Å². The second-order valence-electron chi connectivity index (χ2n) is 3.68. The lowest BCUT2D eigenvalue weighted by molar-refractivity contribution is 0.366. The van der Waals surface area contributed by atoms with Gasteiger partial charge in [0, 0.05) is 20.1 Å². The number of likely N-dealkylation sites (N-methyl/N-ethyl adjacent to an activating group) is 1. The summed E-state index contributed by atoms with van der Waals surface area (Å²) in [6.45, 7) is 4.94. The maximum Gasteiger partial charge on any atom is 0.204 e. The summed E-state index contributed by atoms with van der Waals surface area (Å²) in [5.41, 5.74) is 0. The lowest BCUT2D eigenvalue weighted by Gasteiger charge is -2.16. The minimum atomic E-state index is 0.647. The van der Waals surface area contributed by atoms with E-state index in [1.165, 1.54) is 6.33 Å². The fourth-order valence-electron chi connectivity index (χ4n) is 1.39. The maximum atomic E-state index is 5.29. The van der Waals surface area contributed by atoms with Gasteiger partial charge < -0.3 is 20.3 Å². The minimum Gasteiger partial charge on any atom is -0.490 e. The van der Waals surface area contributed by atoms with Crippen molar-refractivity contribution in [3.63, 3.8) is 0 Å². The van der Waals surface area contributed by atoms with Gasteiger partial charge in [0.1, 0.15) is 6.33 Å². The smallest absolute Gasteiger partial charge is 0.204 e. The van der Waals surface area contributed by atoms with Gasteiger partial charge in [-0.1, -0.05) is 6.92 Å². The molecule has 0 atom stereocenters. The van der Waals surface area contributed by atoms with Crippen LogP contribution in [0.5, 0.6) is 5.75 Å². The minimum absolute atomic E-state index is 0.647. The SMILES string of the molecule is CCN(C)CCNc1ncnc(NC)c1OC. The van der Waals surface area contributed by atoms with Crippen LogP contribution < -0.4 is 15.4 Å². The molecule has 0 saturated carbocycles. The number of nitrogens with one attached hydrogen (secondary N) is 2. The number of ether oxygens (including phenoxy) is 1. The Bertz CT molecular complexity index is 345. The molecular formula is C11H21N5O. The summed E-state index contributed by atoms with van der Waals surface area (Å²) in [6, 6.07) is 0. The highest BCUT2D eigenvalue weighted by Crippen LogP contribution is 2.27. The van der Waals surface area contributed by atoms with Crippen molar-refractivity contribution in [3.05, 3.63) is 6.33 Å². The third-order valence-corrected chi connectivity index (χ3v) is 2.57. The van der Waals surface area contributed by atoms with Crippen molar-refractivity contribution in [3.8, 4) is 5.75 Å². The fraction of sp³-hybridized carbons (Fsp3) is 0.636. The van der Waals surface area contributed by atoms with E-state index in [0.717, 1.165) is 25.5 Å². The zero-order valence-electron chi connectivity index (χ0n) is 10.9. The van der Waals surface area contributed by atoms with Crippen molar-refractivity contribution in [2.45, 2.75) is 6.92 Å². The molecule has 17 heavy (non-hydrogen) atoms. The summed E-state index contributed by atoms with van der Waals surface area (Å²) in [5.74, 6) is 2.05. The molecule has 1 aromatic rings. The highest BCUT2D eigenvalue weighted by atomic mass is 16.5. The molecular weight excluding hydrogens is 218 g/mol. The van der Waals surface area contributed by atoms with Crippen molar-refractivity contribution < 1.29 is 4.74 Å². The Morgan fingerprint density at radius 3 is 2.65 bits per heavy atom. The number of methoxy groups -OCH3 is 1. The molecule has 2 N–H and O–H groups in total. The molecule has 0 radical (unpaired) electrons. The number of hydrogen-bond acceptors (Lipinski definition) is 6. The number of nitrogens with zero attached hydrogens (tertiary/aromatic N) is 3. The average Bonchev–Trinajstić information content (AvgIpc) is 2.37. The summed E-state index contributed by atoms with van der Waals surface area (Å²) >= 11 is 0. The molecule has 0 fully saturated rings. The van der Waals surface area contributed by atoms with Crippen LogP contribution >= 0.6 is 0 Å². The molecule has 0 spiro atoms. The van der Waals surface area contributed by atoms with Gasteiger partial charge in [-0.3, -0.25) is 0 Å². The molecule has 96 valence electrons. The van der Waals surface area contributed by atoms with Crippen molar-refractivity contribution in [2.75, 3.05) is 51.5 Å². The molecule has 0 aromatic carbocycles. The summed E-state index contributed by atoms with van der Waals surface area (Å²) < 4.78 is 5.29. The van der Waals surface area contributed by atoms with Gasteiger partial charge in [0.15, 0.2) is 11.6 Å². The Labute approximate surface area is 102 Å². The van der Waals surface area contributed by atoms with Gasteiger partial charge in [0.25, 0.3) is 0 Å². The monoisotopic (exact) mass is 239 g/mol. The summed E-state index contributed by atoms with van der Waals surface area (Å²) in [4.78, 5) is 10.5. The zero-order valence-corrected chi connectivity index (χ0v) is 10.9. The molecule has 1 rings (SSSR count). The van der Waals surface area contributed by atoms with E-state index >= 15 is 0 Å². The van der Waals surface area contributed by atoms with Crippen molar-refractivity contribution in [1.29, 1.82) is 0 Å². The zero-order chi connectivity index (χ0) is 12.7. The fourth-order valence-corrected chi connectivity index (χ4v) is 1.39. The Balaban J connectivity index is 2.64. The van der Waals surface area contributed by atoms with Gasteiger partial charge in [0.05, 0.1) is 7.11 Å². The van der Waals surface area contributed by atoms with Crippen LogP contribution in [0, 0.1) is 0 Å². The van der Waals surface area contributed by atoms with Crippen LogP contribution in [-0.2, 0) is 0 Å². The van der Waals surface area contributed by atoms with Crippen molar-refractivity contribution >= 4 is 11.6 Å². The topological polar surface area (TPSA) is 62.3 Å². The predicted molar refractivity (Wildman–Crippen MR) is 69.8 cm³/mol. The molecule has 1 heterocycles. The van der Waals surface area contributed by atoms with E-state index in [2.05, 4.69) is 39.5 Å².